The van der Waals surface area contributed by atoms with Crippen molar-refractivity contribution in [1.82, 2.24) is 0 Å². The van der Waals surface area contributed by atoms with Crippen molar-refractivity contribution in [3.8, 4) is 0 Å². The van der Waals surface area contributed by atoms with Gasteiger partial charge in [-0.3, -0.25) is 4.79 Å². The van der Waals surface area contributed by atoms with Crippen molar-refractivity contribution in [2.45, 2.75) is 24.1 Å². The number of alkyl halides is 1. The van der Waals surface area contributed by atoms with Crippen LogP contribution in [0.2, 0.25) is 0 Å². The lowest BCUT2D eigenvalue weighted by Crippen LogP contribution is -2.30. The minimum Gasteiger partial charge on any atom is -0.325 e. The molecule has 0 spiro atoms. The summed E-state index contributed by atoms with van der Waals surface area (Å²) < 4.78 is 0. The molecule has 102 valence electrons. The molecule has 0 aromatic heterocycles. The van der Waals surface area contributed by atoms with E-state index < -0.39 is 0 Å². The molecule has 2 aromatic rings. The SMILES string of the molecule is CC(Br)c1ccccc1NC(=O)C1Cc2ccccc21. The summed E-state index contributed by atoms with van der Waals surface area (Å²) in [7, 11) is 0. The number of halogens is 1. The summed E-state index contributed by atoms with van der Waals surface area (Å²) >= 11 is 3.57. The van der Waals surface area contributed by atoms with E-state index in [-0.39, 0.29) is 16.7 Å². The quantitative estimate of drug-likeness (QED) is 0.829. The first-order valence-electron chi connectivity index (χ1n) is 6.78. The minimum absolute atomic E-state index is 0.00936. The van der Waals surface area contributed by atoms with Crippen LogP contribution in [-0.4, -0.2) is 5.91 Å². The van der Waals surface area contributed by atoms with Crippen molar-refractivity contribution >= 4 is 27.5 Å². The number of benzene rings is 2. The molecule has 1 amide bonds. The largest absolute Gasteiger partial charge is 0.325 e. The summed E-state index contributed by atoms with van der Waals surface area (Å²) in [5.74, 6) is 0.0780. The fourth-order valence-electron chi connectivity index (χ4n) is 2.67. The topological polar surface area (TPSA) is 29.1 Å². The molecule has 2 nitrogen and oxygen atoms in total. The van der Waals surface area contributed by atoms with E-state index in [1.807, 2.05) is 42.5 Å². The van der Waals surface area contributed by atoms with Crippen LogP contribution >= 0.6 is 15.9 Å². The first-order valence-corrected chi connectivity index (χ1v) is 7.70. The number of hydrogen-bond donors (Lipinski definition) is 1. The Bertz CT molecular complexity index is 651. The second kappa shape index (κ2) is 5.41. The van der Waals surface area contributed by atoms with E-state index in [1.165, 1.54) is 5.56 Å². The highest BCUT2D eigenvalue weighted by Crippen LogP contribution is 2.36. The van der Waals surface area contributed by atoms with Gasteiger partial charge in [-0.15, -0.1) is 0 Å². The van der Waals surface area contributed by atoms with Crippen molar-refractivity contribution < 1.29 is 4.79 Å². The van der Waals surface area contributed by atoms with Crippen LogP contribution in [0.25, 0.3) is 0 Å². The number of anilines is 1. The van der Waals surface area contributed by atoms with E-state index >= 15 is 0 Å². The molecule has 0 bridgehead atoms. The smallest absolute Gasteiger partial charge is 0.232 e. The van der Waals surface area contributed by atoms with Gasteiger partial charge in [0.15, 0.2) is 0 Å². The zero-order valence-corrected chi connectivity index (χ0v) is 12.9. The van der Waals surface area contributed by atoms with Crippen LogP contribution in [0.5, 0.6) is 0 Å². The Morgan fingerprint density at radius 2 is 1.90 bits per heavy atom. The van der Waals surface area contributed by atoms with Crippen LogP contribution < -0.4 is 5.32 Å². The first kappa shape index (κ1) is 13.4. The van der Waals surface area contributed by atoms with Gasteiger partial charge in [0.1, 0.15) is 0 Å². The van der Waals surface area contributed by atoms with Gasteiger partial charge >= 0.3 is 0 Å². The fraction of sp³-hybridized carbons (Fsp3) is 0.235. The molecule has 1 N–H and O–H groups in total. The zero-order valence-electron chi connectivity index (χ0n) is 11.3. The normalized spacial score (nSPS) is 17.8. The molecule has 0 fully saturated rings. The standard InChI is InChI=1S/C17H16BrNO/c1-11(18)13-7-4-5-9-16(13)19-17(20)15-10-12-6-2-3-8-14(12)15/h2-9,11,15H,10H2,1H3,(H,19,20). The van der Waals surface area contributed by atoms with Crippen molar-refractivity contribution in [2.24, 2.45) is 0 Å². The number of hydrogen-bond acceptors (Lipinski definition) is 1. The maximum absolute atomic E-state index is 12.4. The second-order valence-electron chi connectivity index (χ2n) is 5.15. The van der Waals surface area contributed by atoms with Gasteiger partial charge in [-0.05, 0) is 36.1 Å². The van der Waals surface area contributed by atoms with Crippen molar-refractivity contribution in [1.29, 1.82) is 0 Å². The summed E-state index contributed by atoms with van der Waals surface area (Å²) in [5.41, 5.74) is 4.45. The van der Waals surface area contributed by atoms with Crippen LogP contribution in [0.1, 0.15) is 34.4 Å². The predicted octanol–water partition coefficient (Wildman–Crippen LogP) is 4.42. The molecule has 0 heterocycles. The zero-order chi connectivity index (χ0) is 14.1. The number of carbonyl (C=O) groups is 1. The Kier molecular flexibility index (Phi) is 3.62. The summed E-state index contributed by atoms with van der Waals surface area (Å²) in [6.07, 6.45) is 0.841. The van der Waals surface area contributed by atoms with Crippen LogP contribution in [-0.2, 0) is 11.2 Å². The Morgan fingerprint density at radius 3 is 2.65 bits per heavy atom. The second-order valence-corrected chi connectivity index (χ2v) is 6.52. The van der Waals surface area contributed by atoms with E-state index in [9.17, 15) is 4.79 Å². The highest BCUT2D eigenvalue weighted by Gasteiger charge is 2.31. The molecule has 3 rings (SSSR count). The monoisotopic (exact) mass is 329 g/mol. The third-order valence-corrected chi connectivity index (χ3v) is 4.31. The Labute approximate surface area is 127 Å². The molecule has 20 heavy (non-hydrogen) atoms. The van der Waals surface area contributed by atoms with E-state index in [0.717, 1.165) is 23.2 Å². The molecule has 0 saturated carbocycles. The van der Waals surface area contributed by atoms with Gasteiger partial charge in [-0.2, -0.15) is 0 Å². The molecular weight excluding hydrogens is 314 g/mol. The maximum Gasteiger partial charge on any atom is 0.232 e. The van der Waals surface area contributed by atoms with Crippen LogP contribution in [0.15, 0.2) is 48.5 Å². The van der Waals surface area contributed by atoms with Crippen LogP contribution in [0.3, 0.4) is 0 Å². The van der Waals surface area contributed by atoms with Gasteiger partial charge in [0.05, 0.1) is 5.92 Å². The maximum atomic E-state index is 12.4. The third kappa shape index (κ3) is 2.38. The van der Waals surface area contributed by atoms with Gasteiger partial charge in [0.25, 0.3) is 0 Å². The number of para-hydroxylation sites is 1. The number of carbonyl (C=O) groups excluding carboxylic acids is 1. The highest BCUT2D eigenvalue weighted by molar-refractivity contribution is 9.09. The predicted molar refractivity (Wildman–Crippen MR) is 85.3 cm³/mol. The van der Waals surface area contributed by atoms with Crippen LogP contribution in [0.4, 0.5) is 5.69 Å². The lowest BCUT2D eigenvalue weighted by molar-refractivity contribution is -0.118. The number of amides is 1. The van der Waals surface area contributed by atoms with Gasteiger partial charge < -0.3 is 5.32 Å². The molecule has 0 aliphatic heterocycles. The average Bonchev–Trinajstić information content (AvgIpc) is 2.40. The molecular formula is C17H16BrNO. The van der Waals surface area contributed by atoms with Crippen molar-refractivity contribution in [3.05, 3.63) is 65.2 Å². The molecule has 3 heteroatoms. The summed E-state index contributed by atoms with van der Waals surface area (Å²) in [6, 6.07) is 16.1. The Balaban J connectivity index is 1.79. The number of nitrogens with one attached hydrogen (secondary N) is 1. The lowest BCUT2D eigenvalue weighted by Gasteiger charge is -2.29. The molecule has 2 aromatic carbocycles. The molecule has 1 aliphatic rings. The number of fused-ring (bicyclic) bond motifs is 1. The lowest BCUT2D eigenvalue weighted by atomic mass is 9.77. The molecule has 1 aliphatic carbocycles. The third-order valence-electron chi connectivity index (χ3n) is 3.82. The molecule has 0 saturated heterocycles. The Morgan fingerprint density at radius 1 is 1.20 bits per heavy atom. The van der Waals surface area contributed by atoms with E-state index in [1.54, 1.807) is 0 Å². The molecule has 0 radical (unpaired) electrons. The fourth-order valence-corrected chi connectivity index (χ4v) is 3.07. The van der Waals surface area contributed by atoms with E-state index in [4.69, 9.17) is 0 Å². The van der Waals surface area contributed by atoms with E-state index in [2.05, 4.69) is 34.2 Å². The minimum atomic E-state index is -0.00936. The summed E-state index contributed by atoms with van der Waals surface area (Å²) in [6.45, 7) is 2.06. The van der Waals surface area contributed by atoms with Gasteiger partial charge in [0.2, 0.25) is 5.91 Å². The Hall–Kier alpha value is -1.61. The van der Waals surface area contributed by atoms with Crippen molar-refractivity contribution in [3.63, 3.8) is 0 Å². The number of rotatable bonds is 3. The highest BCUT2D eigenvalue weighted by atomic mass is 79.9. The average molecular weight is 330 g/mol. The molecule has 2 unspecified atom stereocenters. The van der Waals surface area contributed by atoms with Crippen LogP contribution in [0, 0.1) is 0 Å². The van der Waals surface area contributed by atoms with E-state index in [0.29, 0.717) is 0 Å². The summed E-state index contributed by atoms with van der Waals surface area (Å²) in [5, 5.41) is 3.07. The molecule has 2 atom stereocenters. The van der Waals surface area contributed by atoms with Gasteiger partial charge in [-0.25, -0.2) is 0 Å². The van der Waals surface area contributed by atoms with Gasteiger partial charge in [0, 0.05) is 10.5 Å². The van der Waals surface area contributed by atoms with Crippen molar-refractivity contribution in [2.75, 3.05) is 5.32 Å². The van der Waals surface area contributed by atoms with Gasteiger partial charge in [-0.1, -0.05) is 58.4 Å². The summed E-state index contributed by atoms with van der Waals surface area (Å²) in [4.78, 5) is 12.6. The first-order chi connectivity index (χ1) is 9.66.